The highest BCUT2D eigenvalue weighted by Crippen LogP contribution is 2.70. The van der Waals surface area contributed by atoms with Crippen LogP contribution in [0.4, 0.5) is 15.3 Å². The highest BCUT2D eigenvalue weighted by atomic mass is 16.7. The summed E-state index contributed by atoms with van der Waals surface area (Å²) >= 11 is 0. The lowest BCUT2D eigenvalue weighted by Crippen LogP contribution is -2.63. The van der Waals surface area contributed by atoms with Crippen molar-refractivity contribution < 1.29 is 53.4 Å². The van der Waals surface area contributed by atoms with Gasteiger partial charge in [0.2, 0.25) is 0 Å². The second-order valence-electron chi connectivity index (χ2n) is 26.5. The zero-order valence-electron chi connectivity index (χ0n) is 47.2. The Labute approximate surface area is 453 Å². The number of aliphatic hydroxyl groups is 2. The van der Waals surface area contributed by atoms with Gasteiger partial charge in [-0.15, -0.1) is 5.92 Å². The monoisotopic (exact) mass is 1050 g/mol. The van der Waals surface area contributed by atoms with Gasteiger partial charge >= 0.3 is 18.2 Å². The fraction of sp³-hybridized carbons (Fsp3) is 0.746. The zero-order chi connectivity index (χ0) is 54.5. The van der Waals surface area contributed by atoms with Crippen LogP contribution in [0.3, 0.4) is 0 Å². The molecule has 0 aromatic heterocycles. The van der Waals surface area contributed by atoms with Crippen LogP contribution in [0.1, 0.15) is 176 Å². The van der Waals surface area contributed by atoms with E-state index in [1.807, 2.05) is 13.0 Å². The van der Waals surface area contributed by atoms with Crippen molar-refractivity contribution in [2.24, 2.45) is 63.6 Å². The molecule has 0 heterocycles. The molecule has 0 bridgehead atoms. The Kier molecular flexibility index (Phi) is 16.3. The Balaban J connectivity index is 0.861. The summed E-state index contributed by atoms with van der Waals surface area (Å²) in [5, 5.41) is 36.8. The number of amides is 1. The van der Waals surface area contributed by atoms with Crippen molar-refractivity contribution in [2.45, 2.75) is 200 Å². The number of aliphatic carboxylic acids is 1. The minimum absolute atomic E-state index is 0.0262. The minimum Gasteiger partial charge on any atom is -0.481 e. The standard InChI is InChI=1S/C63H90N2O11/c1-10-26-63(72)28-25-49-46-19-15-40-33-43(66)18-20-45(40)55(46)47(37-61(49,63)7)39-13-16-42(17-14-39)65(9)30-32-73-44-24-27-60(6)41(34-44)35-52(75-58(71)74-31-11-29-64-57(70)76-59(3,4)5)56-50-22-21-48(38(2)12-23-54(68)69)62(50,8)53(67)36-51(56)60/h13-14,16-17,33,38,41,44,46-53,56,67,72H,11-12,15,18-25,27-32,34-37H2,1-9H3,(H,64,70)(H,68,69)/t38-,41+,44+,46?,47+,48-,49?,50+,51+,52-,53+,56+,60+,61+,62-,63-/m1/s1. The average Bonchev–Trinajstić information content (AvgIpc) is 3.96. The third kappa shape index (κ3) is 10.8. The largest absolute Gasteiger partial charge is 0.508 e. The molecular weight excluding hydrogens is 961 g/mol. The fourth-order valence-electron chi connectivity index (χ4n) is 17.6. The third-order valence-electron chi connectivity index (χ3n) is 21.5. The van der Waals surface area contributed by atoms with Gasteiger partial charge < -0.3 is 44.5 Å². The molecule has 4 N–H and O–H groups in total. The highest BCUT2D eigenvalue weighted by Gasteiger charge is 2.67. The summed E-state index contributed by atoms with van der Waals surface area (Å²) in [6.45, 7) is 17.9. The van der Waals surface area contributed by atoms with Crippen LogP contribution in [0.15, 0.2) is 47.1 Å². The van der Waals surface area contributed by atoms with E-state index in [-0.39, 0.29) is 83.7 Å². The van der Waals surface area contributed by atoms with E-state index in [1.165, 1.54) is 22.3 Å². The van der Waals surface area contributed by atoms with E-state index in [9.17, 15) is 34.5 Å². The summed E-state index contributed by atoms with van der Waals surface area (Å²) in [7, 11) is 2.12. The number of ether oxygens (including phenoxy) is 4. The summed E-state index contributed by atoms with van der Waals surface area (Å²) in [6.07, 6.45) is 12.4. The van der Waals surface area contributed by atoms with Gasteiger partial charge in [-0.2, -0.15) is 0 Å². The van der Waals surface area contributed by atoms with Gasteiger partial charge in [0.25, 0.3) is 0 Å². The summed E-state index contributed by atoms with van der Waals surface area (Å²) in [5.74, 6) is 7.41. The Morgan fingerprint density at radius 3 is 2.42 bits per heavy atom. The Bertz CT molecular complexity index is 2470. The smallest absolute Gasteiger partial charge is 0.481 e. The van der Waals surface area contributed by atoms with Crippen molar-refractivity contribution >= 4 is 29.7 Å². The van der Waals surface area contributed by atoms with Gasteiger partial charge in [-0.3, -0.25) is 9.59 Å². The van der Waals surface area contributed by atoms with Crippen LogP contribution in [0.5, 0.6) is 0 Å². The van der Waals surface area contributed by atoms with Crippen LogP contribution in [0.2, 0.25) is 0 Å². The van der Waals surface area contributed by atoms with Crippen LogP contribution in [0, 0.1) is 75.4 Å². The van der Waals surface area contributed by atoms with Gasteiger partial charge in [-0.25, -0.2) is 9.59 Å². The number of carboxylic acids is 1. The lowest BCUT2D eigenvalue weighted by molar-refractivity contribution is -0.211. The van der Waals surface area contributed by atoms with E-state index < -0.39 is 47.0 Å². The van der Waals surface area contributed by atoms with Crippen LogP contribution in [-0.4, -0.2) is 102 Å². The molecule has 9 rings (SSSR count). The second kappa shape index (κ2) is 22.0. The number of nitrogens with zero attached hydrogens (tertiary/aromatic N) is 1. The van der Waals surface area contributed by atoms with E-state index >= 15 is 0 Å². The number of fused-ring (bicyclic) bond motifs is 9. The topological polar surface area (TPSA) is 181 Å². The number of benzene rings is 1. The van der Waals surface area contributed by atoms with Crippen molar-refractivity contribution in [3.05, 3.63) is 52.6 Å². The summed E-state index contributed by atoms with van der Waals surface area (Å²) in [5.41, 5.74) is 4.02. The van der Waals surface area contributed by atoms with Gasteiger partial charge in [-0.1, -0.05) is 51.3 Å². The van der Waals surface area contributed by atoms with Gasteiger partial charge in [-0.05, 0) is 211 Å². The number of carbonyl (C=O) groups excluding carboxylic acids is 3. The number of anilines is 1. The Morgan fingerprint density at radius 1 is 0.934 bits per heavy atom. The molecule has 0 spiro atoms. The number of hydrogen-bond donors (Lipinski definition) is 4. The summed E-state index contributed by atoms with van der Waals surface area (Å²) in [6, 6.07) is 9.02. The second-order valence-corrected chi connectivity index (χ2v) is 26.5. The fourth-order valence-corrected chi connectivity index (χ4v) is 17.6. The quantitative estimate of drug-likeness (QED) is 0.0743. The van der Waals surface area contributed by atoms with Gasteiger partial charge in [0.15, 0.2) is 5.78 Å². The third-order valence-corrected chi connectivity index (χ3v) is 21.5. The number of carboxylic acid groups (broad SMARTS) is 1. The van der Waals surface area contributed by atoms with E-state index in [0.29, 0.717) is 63.5 Å². The van der Waals surface area contributed by atoms with Crippen LogP contribution >= 0.6 is 0 Å². The molecule has 0 saturated heterocycles. The predicted molar refractivity (Wildman–Crippen MR) is 291 cm³/mol. The molecule has 0 radical (unpaired) electrons. The Hall–Kier alpha value is -4.38. The van der Waals surface area contributed by atoms with Crippen LogP contribution in [0.25, 0.3) is 0 Å². The van der Waals surface area contributed by atoms with Crippen molar-refractivity contribution in [3.8, 4) is 11.8 Å². The maximum atomic E-state index is 13.6. The number of allylic oxidation sites excluding steroid dienone is 4. The number of ketones is 1. The first-order chi connectivity index (χ1) is 36.0. The molecule has 8 aliphatic carbocycles. The van der Waals surface area contributed by atoms with E-state index in [2.05, 4.69) is 81.1 Å². The first-order valence-corrected chi connectivity index (χ1v) is 29.3. The number of likely N-dealkylation sites (N-methyl/N-ethyl adjacent to an activating group) is 1. The van der Waals surface area contributed by atoms with Crippen molar-refractivity contribution in [2.75, 3.05) is 38.3 Å². The molecule has 418 valence electrons. The van der Waals surface area contributed by atoms with Crippen LogP contribution < -0.4 is 10.2 Å². The van der Waals surface area contributed by atoms with E-state index in [4.69, 9.17) is 18.9 Å². The number of rotatable bonds is 15. The average molecular weight is 1050 g/mol. The number of hydrogen-bond acceptors (Lipinski definition) is 11. The molecular formula is C63H90N2O11. The Morgan fingerprint density at radius 2 is 1.70 bits per heavy atom. The summed E-state index contributed by atoms with van der Waals surface area (Å²) in [4.78, 5) is 52.3. The molecule has 6 fully saturated rings. The molecule has 13 heteroatoms. The number of nitrogens with one attached hydrogen (secondary N) is 1. The molecule has 16 atom stereocenters. The highest BCUT2D eigenvalue weighted by molar-refractivity contribution is 5.93. The molecule has 0 aliphatic heterocycles. The molecule has 13 nitrogen and oxygen atoms in total. The number of carbonyl (C=O) groups is 4. The zero-order valence-corrected chi connectivity index (χ0v) is 47.2. The molecule has 1 aromatic carbocycles. The lowest BCUT2D eigenvalue weighted by atomic mass is 9.43. The van der Waals surface area contributed by atoms with Crippen molar-refractivity contribution in [3.63, 3.8) is 0 Å². The summed E-state index contributed by atoms with van der Waals surface area (Å²) < 4.78 is 24.2. The molecule has 2 unspecified atom stereocenters. The van der Waals surface area contributed by atoms with Gasteiger partial charge in [0.1, 0.15) is 17.3 Å². The van der Waals surface area contributed by atoms with Crippen LogP contribution in [-0.2, 0) is 28.5 Å². The van der Waals surface area contributed by atoms with Gasteiger partial charge in [0, 0.05) is 55.9 Å². The van der Waals surface area contributed by atoms with E-state index in [0.717, 1.165) is 69.9 Å². The van der Waals surface area contributed by atoms with Crippen molar-refractivity contribution in [1.29, 1.82) is 0 Å². The normalized spacial score (nSPS) is 37.8. The first kappa shape index (κ1) is 56.3. The predicted octanol–water partition coefficient (Wildman–Crippen LogP) is 11.3. The molecule has 6 saturated carbocycles. The molecule has 8 aliphatic rings. The lowest BCUT2D eigenvalue weighted by Gasteiger charge is -2.64. The molecule has 76 heavy (non-hydrogen) atoms. The number of alkyl carbamates (subject to hydrolysis) is 1. The SMILES string of the molecule is CC#C[C@@]1(O)CCC2C3CCC4=CC(=O)CCC4=C3[C@H](c3ccc(N(C)CCO[C@H]4CC[C@@]5(C)[C@@H](C4)C[C@@H](OC(=O)OCCCNC(=O)OC(C)(C)C)[C@@H]4[C@@H]5C[C@H](O)[C@]5(C)[C@@H]([C@H](C)CCC(=O)O)CC[C@@H]45)cc3)C[C@@]21C. The molecule has 1 amide bonds. The maximum absolute atomic E-state index is 13.6. The first-order valence-electron chi connectivity index (χ1n) is 29.3. The number of aliphatic hydroxyl groups excluding tert-OH is 1. The maximum Gasteiger partial charge on any atom is 0.508 e. The minimum atomic E-state index is -1.02. The molecule has 1 aromatic rings. The van der Waals surface area contributed by atoms with Gasteiger partial charge in [0.05, 0.1) is 25.4 Å². The van der Waals surface area contributed by atoms with Crippen molar-refractivity contribution in [1.82, 2.24) is 5.32 Å². The van der Waals surface area contributed by atoms with E-state index in [1.54, 1.807) is 20.8 Å².